The van der Waals surface area contributed by atoms with Crippen LogP contribution in [0.5, 0.6) is 0 Å². The Kier molecular flexibility index (Phi) is 3.64. The highest BCUT2D eigenvalue weighted by Crippen LogP contribution is 2.17. The zero-order valence-electron chi connectivity index (χ0n) is 11.2. The maximum absolute atomic E-state index is 12.0. The zero-order chi connectivity index (χ0) is 14.0. The Labute approximate surface area is 111 Å². The number of imide groups is 1. The number of aromatic nitrogens is 2. The Balaban J connectivity index is 2.15. The van der Waals surface area contributed by atoms with Crippen LogP contribution >= 0.6 is 0 Å². The van der Waals surface area contributed by atoms with Gasteiger partial charge in [0.1, 0.15) is 11.9 Å². The van der Waals surface area contributed by atoms with Crippen LogP contribution in [0.3, 0.4) is 0 Å². The molecular formula is C12H17N5O2. The number of aryl methyl sites for hydroxylation is 1. The van der Waals surface area contributed by atoms with Gasteiger partial charge in [-0.05, 0) is 13.3 Å². The molecule has 1 aromatic rings. The molecule has 0 saturated carbocycles. The van der Waals surface area contributed by atoms with Crippen molar-refractivity contribution in [3.05, 3.63) is 11.8 Å². The SMILES string of the molecule is CNc1nc(C)cc(NC2CCC(=O)N(C)C2=O)n1. The Morgan fingerprint density at radius 1 is 1.37 bits per heavy atom. The van der Waals surface area contributed by atoms with Crippen LogP contribution in [-0.4, -0.2) is 46.8 Å². The van der Waals surface area contributed by atoms with Crippen LogP contribution in [-0.2, 0) is 9.59 Å². The average molecular weight is 263 g/mol. The van der Waals surface area contributed by atoms with Gasteiger partial charge in [0, 0.05) is 32.3 Å². The Hall–Kier alpha value is -2.18. The van der Waals surface area contributed by atoms with E-state index < -0.39 is 6.04 Å². The number of amides is 2. The summed E-state index contributed by atoms with van der Waals surface area (Å²) in [6, 6.07) is 1.35. The third-order valence-electron chi connectivity index (χ3n) is 3.05. The summed E-state index contributed by atoms with van der Waals surface area (Å²) in [4.78, 5) is 32.9. The molecule has 2 heterocycles. The maximum Gasteiger partial charge on any atom is 0.251 e. The number of likely N-dealkylation sites (tertiary alicyclic amines) is 1. The van der Waals surface area contributed by atoms with E-state index in [0.717, 1.165) is 10.6 Å². The summed E-state index contributed by atoms with van der Waals surface area (Å²) >= 11 is 0. The van der Waals surface area contributed by atoms with Gasteiger partial charge in [-0.2, -0.15) is 4.98 Å². The molecule has 2 N–H and O–H groups in total. The quantitative estimate of drug-likeness (QED) is 0.767. The van der Waals surface area contributed by atoms with Gasteiger partial charge in [0.15, 0.2) is 0 Å². The second-order valence-electron chi connectivity index (χ2n) is 4.49. The van der Waals surface area contributed by atoms with Crippen molar-refractivity contribution in [1.82, 2.24) is 14.9 Å². The molecule has 7 nitrogen and oxygen atoms in total. The van der Waals surface area contributed by atoms with Crippen molar-refractivity contribution in [2.24, 2.45) is 0 Å². The molecule has 102 valence electrons. The zero-order valence-corrected chi connectivity index (χ0v) is 11.2. The van der Waals surface area contributed by atoms with Gasteiger partial charge in [-0.15, -0.1) is 0 Å². The van der Waals surface area contributed by atoms with E-state index in [-0.39, 0.29) is 11.8 Å². The summed E-state index contributed by atoms with van der Waals surface area (Å²) in [6.07, 6.45) is 0.850. The predicted molar refractivity (Wildman–Crippen MR) is 70.7 cm³/mol. The topological polar surface area (TPSA) is 87.2 Å². The summed E-state index contributed by atoms with van der Waals surface area (Å²) < 4.78 is 0. The number of carbonyl (C=O) groups is 2. The number of rotatable bonds is 3. The first-order chi connectivity index (χ1) is 9.01. The van der Waals surface area contributed by atoms with Gasteiger partial charge in [-0.1, -0.05) is 0 Å². The Bertz CT molecular complexity index is 517. The van der Waals surface area contributed by atoms with Crippen molar-refractivity contribution in [3.63, 3.8) is 0 Å². The number of nitrogens with one attached hydrogen (secondary N) is 2. The molecule has 1 aliphatic rings. The van der Waals surface area contributed by atoms with E-state index in [4.69, 9.17) is 0 Å². The summed E-state index contributed by atoms with van der Waals surface area (Å²) in [7, 11) is 3.24. The Morgan fingerprint density at radius 2 is 2.11 bits per heavy atom. The van der Waals surface area contributed by atoms with Gasteiger partial charge >= 0.3 is 0 Å². The van der Waals surface area contributed by atoms with Crippen LogP contribution in [0.25, 0.3) is 0 Å². The van der Waals surface area contributed by atoms with Crippen molar-refractivity contribution >= 4 is 23.6 Å². The van der Waals surface area contributed by atoms with Gasteiger partial charge in [0.2, 0.25) is 11.9 Å². The maximum atomic E-state index is 12.0. The van der Waals surface area contributed by atoms with Crippen molar-refractivity contribution < 1.29 is 9.59 Å². The van der Waals surface area contributed by atoms with Gasteiger partial charge in [0.05, 0.1) is 0 Å². The number of hydrogen-bond acceptors (Lipinski definition) is 6. The molecule has 19 heavy (non-hydrogen) atoms. The molecular weight excluding hydrogens is 246 g/mol. The molecule has 1 atom stereocenters. The van der Waals surface area contributed by atoms with Crippen LogP contribution in [0.4, 0.5) is 11.8 Å². The fourth-order valence-electron chi connectivity index (χ4n) is 1.98. The molecule has 7 heteroatoms. The van der Waals surface area contributed by atoms with Crippen LogP contribution in [0, 0.1) is 6.92 Å². The predicted octanol–water partition coefficient (Wildman–Crippen LogP) is 0.386. The smallest absolute Gasteiger partial charge is 0.251 e. The van der Waals surface area contributed by atoms with Gasteiger partial charge in [-0.3, -0.25) is 14.5 Å². The fourth-order valence-corrected chi connectivity index (χ4v) is 1.98. The minimum absolute atomic E-state index is 0.141. The molecule has 1 aliphatic heterocycles. The molecule has 1 fully saturated rings. The number of piperidine rings is 1. The first-order valence-electron chi connectivity index (χ1n) is 6.11. The van der Waals surface area contributed by atoms with E-state index in [9.17, 15) is 9.59 Å². The molecule has 1 saturated heterocycles. The highest BCUT2D eigenvalue weighted by atomic mass is 16.2. The minimum atomic E-state index is -0.415. The Morgan fingerprint density at radius 3 is 2.79 bits per heavy atom. The number of nitrogens with zero attached hydrogens (tertiary/aromatic N) is 3. The lowest BCUT2D eigenvalue weighted by Gasteiger charge is -2.28. The molecule has 2 amide bonds. The van der Waals surface area contributed by atoms with Crippen LogP contribution in [0.1, 0.15) is 18.5 Å². The van der Waals surface area contributed by atoms with E-state index >= 15 is 0 Å². The molecule has 0 aromatic carbocycles. The molecule has 1 unspecified atom stereocenters. The fraction of sp³-hybridized carbons (Fsp3) is 0.500. The third kappa shape index (κ3) is 2.81. The first kappa shape index (κ1) is 13.3. The molecule has 2 rings (SSSR count). The van der Waals surface area contributed by atoms with Crippen molar-refractivity contribution in [2.75, 3.05) is 24.7 Å². The average Bonchev–Trinajstić information content (AvgIpc) is 2.39. The van der Waals surface area contributed by atoms with Gasteiger partial charge < -0.3 is 10.6 Å². The van der Waals surface area contributed by atoms with E-state index in [0.29, 0.717) is 24.6 Å². The third-order valence-corrected chi connectivity index (χ3v) is 3.05. The van der Waals surface area contributed by atoms with E-state index in [1.165, 1.54) is 7.05 Å². The molecule has 0 aliphatic carbocycles. The van der Waals surface area contributed by atoms with E-state index in [1.54, 1.807) is 13.1 Å². The number of likely N-dealkylation sites (N-methyl/N-ethyl adjacent to an activating group) is 1. The number of hydrogen-bond donors (Lipinski definition) is 2. The largest absolute Gasteiger partial charge is 0.358 e. The second-order valence-corrected chi connectivity index (χ2v) is 4.49. The summed E-state index contributed by atoms with van der Waals surface area (Å²) in [5.74, 6) is 0.712. The molecule has 0 radical (unpaired) electrons. The highest BCUT2D eigenvalue weighted by molar-refractivity contribution is 6.01. The molecule has 0 bridgehead atoms. The first-order valence-corrected chi connectivity index (χ1v) is 6.11. The second kappa shape index (κ2) is 5.21. The van der Waals surface area contributed by atoms with Gasteiger partial charge in [-0.25, -0.2) is 4.98 Å². The normalized spacial score (nSPS) is 19.5. The summed E-state index contributed by atoms with van der Waals surface area (Å²) in [6.45, 7) is 1.85. The molecule has 1 aromatic heterocycles. The highest BCUT2D eigenvalue weighted by Gasteiger charge is 2.31. The van der Waals surface area contributed by atoms with Crippen molar-refractivity contribution in [3.8, 4) is 0 Å². The summed E-state index contributed by atoms with van der Waals surface area (Å²) in [5, 5.41) is 5.92. The van der Waals surface area contributed by atoms with E-state index in [1.807, 2.05) is 6.92 Å². The van der Waals surface area contributed by atoms with Crippen molar-refractivity contribution in [1.29, 1.82) is 0 Å². The van der Waals surface area contributed by atoms with Gasteiger partial charge in [0.25, 0.3) is 5.91 Å². The van der Waals surface area contributed by atoms with Crippen LogP contribution in [0.2, 0.25) is 0 Å². The lowest BCUT2D eigenvalue weighted by molar-refractivity contribution is -0.146. The standard InChI is InChI=1S/C12H17N5O2/c1-7-6-9(16-12(13-2)14-7)15-8-4-5-10(18)17(3)11(8)19/h6,8H,4-5H2,1-3H3,(H2,13,14,15,16). The summed E-state index contributed by atoms with van der Waals surface area (Å²) in [5.41, 5.74) is 0.800. The lowest BCUT2D eigenvalue weighted by atomic mass is 10.0. The van der Waals surface area contributed by atoms with Crippen LogP contribution < -0.4 is 10.6 Å². The number of carbonyl (C=O) groups excluding carboxylic acids is 2. The lowest BCUT2D eigenvalue weighted by Crippen LogP contribution is -2.48. The monoisotopic (exact) mass is 263 g/mol. The van der Waals surface area contributed by atoms with Crippen molar-refractivity contribution in [2.45, 2.75) is 25.8 Å². The minimum Gasteiger partial charge on any atom is -0.358 e. The van der Waals surface area contributed by atoms with E-state index in [2.05, 4.69) is 20.6 Å². The number of anilines is 2. The molecule has 0 spiro atoms. The van der Waals surface area contributed by atoms with Crippen LogP contribution in [0.15, 0.2) is 6.07 Å².